The number of aliphatic hydroxyl groups excluding tert-OH is 1. The van der Waals surface area contributed by atoms with E-state index in [-0.39, 0.29) is 19.3 Å². The van der Waals surface area contributed by atoms with Crippen molar-refractivity contribution in [3.63, 3.8) is 0 Å². The predicted molar refractivity (Wildman–Crippen MR) is 165 cm³/mol. The summed E-state index contributed by atoms with van der Waals surface area (Å²) in [6.07, 6.45) is 0.266. The lowest BCUT2D eigenvalue weighted by Gasteiger charge is -2.46. The molecule has 2 aliphatic heterocycles. The first-order chi connectivity index (χ1) is 21.0. The lowest BCUT2D eigenvalue weighted by Crippen LogP contribution is -2.58. The van der Waals surface area contributed by atoms with Gasteiger partial charge >= 0.3 is 0 Å². The zero-order chi connectivity index (χ0) is 29.7. The van der Waals surface area contributed by atoms with Crippen LogP contribution in [-0.4, -0.2) is 42.7 Å². The van der Waals surface area contributed by atoms with Crippen LogP contribution in [0.5, 0.6) is 5.75 Å². The standard InChI is InChI=1S/C37H40O6/c1-3-39-33-18-15-28(16-19-33)20-31-21-32(17-14-27(31)2)37-35(41-24-30-12-8-5-9-13-30)34(22-36(25-38,43-37)26-42-37)40-23-29-10-6-4-7-11-29/h4-19,21,34-35,38H,3,20,22-26H2,1-2H3. The van der Waals surface area contributed by atoms with Crippen LogP contribution in [0.15, 0.2) is 103 Å². The van der Waals surface area contributed by atoms with E-state index in [0.717, 1.165) is 28.9 Å². The molecule has 2 heterocycles. The summed E-state index contributed by atoms with van der Waals surface area (Å²) in [7, 11) is 0. The van der Waals surface area contributed by atoms with Crippen molar-refractivity contribution in [1.82, 2.24) is 0 Å². The number of ether oxygens (including phenoxy) is 5. The van der Waals surface area contributed by atoms with Gasteiger partial charge in [0.25, 0.3) is 0 Å². The number of hydrogen-bond acceptors (Lipinski definition) is 6. The fourth-order valence-corrected chi connectivity index (χ4v) is 6.10. The topological polar surface area (TPSA) is 66.4 Å². The monoisotopic (exact) mass is 580 g/mol. The summed E-state index contributed by atoms with van der Waals surface area (Å²) in [5.74, 6) is -0.371. The van der Waals surface area contributed by atoms with Gasteiger partial charge in [-0.15, -0.1) is 0 Å². The molecule has 0 amide bonds. The third-order valence-corrected chi connectivity index (χ3v) is 8.45. The Labute approximate surface area is 254 Å². The number of hydrogen-bond donors (Lipinski definition) is 1. The van der Waals surface area contributed by atoms with Crippen LogP contribution < -0.4 is 4.74 Å². The van der Waals surface area contributed by atoms with Crippen LogP contribution in [0.25, 0.3) is 0 Å². The van der Waals surface area contributed by atoms with Crippen LogP contribution in [-0.2, 0) is 44.4 Å². The lowest BCUT2D eigenvalue weighted by atomic mass is 9.85. The van der Waals surface area contributed by atoms with Gasteiger partial charge in [-0.25, -0.2) is 0 Å². The molecule has 4 aromatic rings. The smallest absolute Gasteiger partial charge is 0.225 e. The van der Waals surface area contributed by atoms with E-state index in [0.29, 0.717) is 26.2 Å². The van der Waals surface area contributed by atoms with Crippen molar-refractivity contribution in [1.29, 1.82) is 0 Å². The molecule has 6 rings (SSSR count). The minimum Gasteiger partial charge on any atom is -0.494 e. The Morgan fingerprint density at radius 2 is 1.49 bits per heavy atom. The molecule has 0 spiro atoms. The van der Waals surface area contributed by atoms with E-state index in [1.807, 2.05) is 67.6 Å². The fourth-order valence-electron chi connectivity index (χ4n) is 6.10. The Morgan fingerprint density at radius 3 is 2.14 bits per heavy atom. The van der Waals surface area contributed by atoms with Crippen molar-refractivity contribution in [3.05, 3.63) is 137 Å². The van der Waals surface area contributed by atoms with E-state index in [2.05, 4.69) is 49.4 Å². The summed E-state index contributed by atoms with van der Waals surface area (Å²) in [6.45, 7) is 5.63. The second-order valence-corrected chi connectivity index (χ2v) is 11.6. The molecule has 2 bridgehead atoms. The number of rotatable bonds is 12. The number of fused-ring (bicyclic) bond motifs is 2. The number of benzene rings is 4. The van der Waals surface area contributed by atoms with Crippen LogP contribution in [0.4, 0.5) is 0 Å². The van der Waals surface area contributed by atoms with Gasteiger partial charge in [0.2, 0.25) is 5.79 Å². The maximum absolute atomic E-state index is 10.6. The number of aliphatic hydroxyl groups is 1. The largest absolute Gasteiger partial charge is 0.494 e. The van der Waals surface area contributed by atoms with E-state index < -0.39 is 17.5 Å². The second kappa shape index (κ2) is 13.0. The average Bonchev–Trinajstić information content (AvgIpc) is 3.37. The zero-order valence-corrected chi connectivity index (χ0v) is 24.9. The third-order valence-electron chi connectivity index (χ3n) is 8.45. The van der Waals surface area contributed by atoms with Crippen molar-refractivity contribution >= 4 is 0 Å². The highest BCUT2D eigenvalue weighted by Gasteiger charge is 2.64. The second-order valence-electron chi connectivity index (χ2n) is 11.6. The molecule has 0 radical (unpaired) electrons. The van der Waals surface area contributed by atoms with E-state index in [1.54, 1.807) is 0 Å². The molecule has 43 heavy (non-hydrogen) atoms. The van der Waals surface area contributed by atoms with Crippen molar-refractivity contribution in [2.24, 2.45) is 0 Å². The van der Waals surface area contributed by atoms with Crippen molar-refractivity contribution < 1.29 is 28.8 Å². The molecule has 2 aliphatic rings. The first-order valence-corrected chi connectivity index (χ1v) is 15.1. The van der Waals surface area contributed by atoms with Gasteiger partial charge in [0.05, 0.1) is 39.1 Å². The molecule has 224 valence electrons. The Kier molecular flexibility index (Phi) is 8.93. The third kappa shape index (κ3) is 6.40. The Balaban J connectivity index is 1.34. The highest BCUT2D eigenvalue weighted by molar-refractivity contribution is 5.40. The number of aryl methyl sites for hydroxylation is 1. The molecule has 6 nitrogen and oxygen atoms in total. The molecular weight excluding hydrogens is 540 g/mol. The molecule has 0 aliphatic carbocycles. The average molecular weight is 581 g/mol. The Bertz CT molecular complexity index is 1470. The first kappa shape index (κ1) is 29.5. The summed E-state index contributed by atoms with van der Waals surface area (Å²) >= 11 is 0. The highest BCUT2D eigenvalue weighted by Crippen LogP contribution is 2.51. The fraction of sp³-hybridized carbons (Fsp3) is 0.351. The summed E-state index contributed by atoms with van der Waals surface area (Å²) in [6, 6.07) is 34.8. The van der Waals surface area contributed by atoms with E-state index in [9.17, 15) is 5.11 Å². The predicted octanol–water partition coefficient (Wildman–Crippen LogP) is 6.49. The summed E-state index contributed by atoms with van der Waals surface area (Å²) in [4.78, 5) is 0. The van der Waals surface area contributed by atoms with Gasteiger partial charge in [-0.1, -0.05) is 84.9 Å². The van der Waals surface area contributed by atoms with Crippen LogP contribution in [0.3, 0.4) is 0 Å². The van der Waals surface area contributed by atoms with Gasteiger partial charge in [-0.3, -0.25) is 0 Å². The molecule has 1 N–H and O–H groups in total. The molecular formula is C37H40O6. The molecule has 0 aromatic heterocycles. The molecule has 4 aromatic carbocycles. The summed E-state index contributed by atoms with van der Waals surface area (Å²) in [5.41, 5.74) is 5.63. The molecule has 6 heteroatoms. The van der Waals surface area contributed by atoms with E-state index >= 15 is 0 Å². The van der Waals surface area contributed by atoms with Crippen LogP contribution >= 0.6 is 0 Å². The normalized spacial score (nSPS) is 24.6. The van der Waals surface area contributed by atoms with Gasteiger partial charge < -0.3 is 28.8 Å². The van der Waals surface area contributed by atoms with Crippen molar-refractivity contribution in [2.45, 2.75) is 63.5 Å². The van der Waals surface area contributed by atoms with E-state index in [4.69, 9.17) is 23.7 Å². The van der Waals surface area contributed by atoms with Crippen LogP contribution in [0.1, 0.15) is 46.7 Å². The van der Waals surface area contributed by atoms with Crippen LogP contribution in [0, 0.1) is 6.92 Å². The summed E-state index contributed by atoms with van der Waals surface area (Å²) in [5, 5.41) is 10.6. The van der Waals surface area contributed by atoms with Crippen molar-refractivity contribution in [2.75, 3.05) is 19.8 Å². The lowest BCUT2D eigenvalue weighted by molar-refractivity contribution is -0.321. The van der Waals surface area contributed by atoms with Gasteiger partial charge in [0.15, 0.2) is 0 Å². The minimum atomic E-state index is -1.24. The summed E-state index contributed by atoms with van der Waals surface area (Å²) < 4.78 is 32.3. The van der Waals surface area contributed by atoms with E-state index in [1.165, 1.54) is 16.7 Å². The molecule has 2 saturated heterocycles. The molecule has 0 saturated carbocycles. The maximum atomic E-state index is 10.6. The van der Waals surface area contributed by atoms with Crippen LogP contribution in [0.2, 0.25) is 0 Å². The van der Waals surface area contributed by atoms with Gasteiger partial charge in [0, 0.05) is 12.0 Å². The van der Waals surface area contributed by atoms with Gasteiger partial charge in [-0.2, -0.15) is 0 Å². The van der Waals surface area contributed by atoms with Gasteiger partial charge in [0.1, 0.15) is 17.5 Å². The zero-order valence-electron chi connectivity index (χ0n) is 24.9. The maximum Gasteiger partial charge on any atom is 0.225 e. The van der Waals surface area contributed by atoms with Crippen molar-refractivity contribution in [3.8, 4) is 5.75 Å². The Morgan fingerprint density at radius 1 is 0.814 bits per heavy atom. The molecule has 2 fully saturated rings. The quantitative estimate of drug-likeness (QED) is 0.207. The SMILES string of the molecule is CCOc1ccc(Cc2cc(C34OCC(CO)(CC(OCc5ccccc5)C3OCc3ccccc3)O4)ccc2C)cc1. The Hall–Kier alpha value is -3.52. The molecule has 4 unspecified atom stereocenters. The highest BCUT2D eigenvalue weighted by atomic mass is 16.8. The first-order valence-electron chi connectivity index (χ1n) is 15.1. The molecule has 4 atom stereocenters. The minimum absolute atomic E-state index is 0.170. The van der Waals surface area contributed by atoms with Gasteiger partial charge in [-0.05, 0) is 66.3 Å².